The van der Waals surface area contributed by atoms with Gasteiger partial charge in [-0.15, -0.1) is 10.2 Å². The van der Waals surface area contributed by atoms with E-state index >= 15 is 0 Å². The molecule has 0 unspecified atom stereocenters. The fraction of sp³-hybridized carbons (Fsp3) is 0.222. The van der Waals surface area contributed by atoms with Gasteiger partial charge in [0.25, 0.3) is 0 Å². The van der Waals surface area contributed by atoms with Crippen molar-refractivity contribution in [3.05, 3.63) is 66.2 Å². The van der Waals surface area contributed by atoms with Crippen molar-refractivity contribution < 1.29 is 0 Å². The molecule has 0 aliphatic carbocycles. The lowest BCUT2D eigenvalue weighted by molar-refractivity contribution is 0.830. The summed E-state index contributed by atoms with van der Waals surface area (Å²) in [6, 6.07) is 19.0. The van der Waals surface area contributed by atoms with Crippen LogP contribution in [-0.2, 0) is 12.8 Å². The van der Waals surface area contributed by atoms with E-state index < -0.39 is 0 Å². The Balaban J connectivity index is 1.92. The standard InChI is InChI=1S/C18H18N4/c1-2-17-19-20-18-12-13-21(14-8-4-3-5-9-14)15-10-6-7-11-16(15)22(17)18/h3-11H,2,12-13H2,1H3. The zero-order chi connectivity index (χ0) is 14.9. The van der Waals surface area contributed by atoms with Crippen LogP contribution in [0.25, 0.3) is 5.69 Å². The summed E-state index contributed by atoms with van der Waals surface area (Å²) in [6.45, 7) is 3.03. The Morgan fingerprint density at radius 3 is 2.41 bits per heavy atom. The molecule has 1 aliphatic rings. The third kappa shape index (κ3) is 1.99. The van der Waals surface area contributed by atoms with Gasteiger partial charge < -0.3 is 4.90 Å². The minimum Gasteiger partial charge on any atom is -0.339 e. The van der Waals surface area contributed by atoms with Crippen molar-refractivity contribution in [2.75, 3.05) is 11.4 Å². The number of hydrogen-bond donors (Lipinski definition) is 0. The largest absolute Gasteiger partial charge is 0.339 e. The molecule has 4 rings (SSSR count). The summed E-state index contributed by atoms with van der Waals surface area (Å²) in [7, 11) is 0. The SMILES string of the molecule is CCc1nnc2n1-c1ccccc1N(c1ccccc1)CC2. The normalized spacial score (nSPS) is 13.4. The Morgan fingerprint density at radius 1 is 0.909 bits per heavy atom. The summed E-state index contributed by atoms with van der Waals surface area (Å²) in [6.07, 6.45) is 1.77. The van der Waals surface area contributed by atoms with Crippen LogP contribution in [0.3, 0.4) is 0 Å². The minimum atomic E-state index is 0.882. The maximum absolute atomic E-state index is 4.40. The molecule has 3 aromatic rings. The van der Waals surface area contributed by atoms with Crippen LogP contribution >= 0.6 is 0 Å². The van der Waals surface area contributed by atoms with E-state index in [2.05, 4.69) is 81.2 Å². The molecule has 1 aromatic heterocycles. The van der Waals surface area contributed by atoms with E-state index in [1.165, 1.54) is 17.1 Å². The topological polar surface area (TPSA) is 34.0 Å². The fourth-order valence-electron chi connectivity index (χ4n) is 3.11. The Morgan fingerprint density at radius 2 is 1.64 bits per heavy atom. The van der Waals surface area contributed by atoms with Crippen LogP contribution in [0.5, 0.6) is 0 Å². The number of nitrogens with zero attached hydrogens (tertiary/aromatic N) is 4. The van der Waals surface area contributed by atoms with Crippen molar-refractivity contribution in [1.29, 1.82) is 0 Å². The van der Waals surface area contributed by atoms with E-state index in [1.54, 1.807) is 0 Å². The van der Waals surface area contributed by atoms with Crippen molar-refractivity contribution in [1.82, 2.24) is 14.8 Å². The molecule has 0 saturated heterocycles. The van der Waals surface area contributed by atoms with Gasteiger partial charge in [0.15, 0.2) is 0 Å². The fourth-order valence-corrected chi connectivity index (χ4v) is 3.11. The van der Waals surface area contributed by atoms with Crippen LogP contribution in [0.1, 0.15) is 18.6 Å². The van der Waals surface area contributed by atoms with E-state index in [9.17, 15) is 0 Å². The van der Waals surface area contributed by atoms with E-state index in [-0.39, 0.29) is 0 Å². The first kappa shape index (κ1) is 13.1. The molecule has 0 N–H and O–H groups in total. The van der Waals surface area contributed by atoms with Crippen molar-refractivity contribution in [3.8, 4) is 5.69 Å². The molecule has 22 heavy (non-hydrogen) atoms. The van der Waals surface area contributed by atoms with E-state index in [0.29, 0.717) is 0 Å². The summed E-state index contributed by atoms with van der Waals surface area (Å²) < 4.78 is 2.22. The van der Waals surface area contributed by atoms with E-state index in [1.807, 2.05) is 0 Å². The molecule has 0 fully saturated rings. The molecule has 4 nitrogen and oxygen atoms in total. The molecule has 0 radical (unpaired) electrons. The molecule has 0 bridgehead atoms. The zero-order valence-corrected chi connectivity index (χ0v) is 12.6. The van der Waals surface area contributed by atoms with Crippen LogP contribution in [0.15, 0.2) is 54.6 Å². The van der Waals surface area contributed by atoms with Crippen LogP contribution in [0.4, 0.5) is 11.4 Å². The molecule has 2 aromatic carbocycles. The predicted octanol–water partition coefficient (Wildman–Crippen LogP) is 3.52. The van der Waals surface area contributed by atoms with Gasteiger partial charge in [-0.05, 0) is 24.3 Å². The number of hydrogen-bond acceptors (Lipinski definition) is 3. The number of rotatable bonds is 2. The third-order valence-corrected chi connectivity index (χ3v) is 4.15. The third-order valence-electron chi connectivity index (χ3n) is 4.15. The molecular formula is C18H18N4. The average molecular weight is 290 g/mol. The zero-order valence-electron chi connectivity index (χ0n) is 12.6. The van der Waals surface area contributed by atoms with Gasteiger partial charge in [-0.2, -0.15) is 0 Å². The van der Waals surface area contributed by atoms with Gasteiger partial charge in [-0.25, -0.2) is 0 Å². The molecule has 0 atom stereocenters. The number of para-hydroxylation sites is 3. The second kappa shape index (κ2) is 5.30. The lowest BCUT2D eigenvalue weighted by Crippen LogP contribution is -2.19. The number of aromatic nitrogens is 3. The van der Waals surface area contributed by atoms with Gasteiger partial charge in [0.1, 0.15) is 11.6 Å². The highest BCUT2D eigenvalue weighted by Gasteiger charge is 2.23. The smallest absolute Gasteiger partial charge is 0.139 e. The first-order chi connectivity index (χ1) is 10.9. The monoisotopic (exact) mass is 290 g/mol. The van der Waals surface area contributed by atoms with Crippen molar-refractivity contribution >= 4 is 11.4 Å². The van der Waals surface area contributed by atoms with Crippen molar-refractivity contribution in [3.63, 3.8) is 0 Å². The predicted molar refractivity (Wildman–Crippen MR) is 87.9 cm³/mol. The van der Waals surface area contributed by atoms with Crippen LogP contribution in [-0.4, -0.2) is 21.3 Å². The summed E-state index contributed by atoms with van der Waals surface area (Å²) in [5.41, 5.74) is 3.59. The van der Waals surface area contributed by atoms with Gasteiger partial charge >= 0.3 is 0 Å². The Labute approximate surface area is 130 Å². The van der Waals surface area contributed by atoms with Gasteiger partial charge in [-0.3, -0.25) is 4.57 Å². The van der Waals surface area contributed by atoms with Crippen molar-refractivity contribution in [2.45, 2.75) is 19.8 Å². The van der Waals surface area contributed by atoms with Crippen LogP contribution in [0, 0.1) is 0 Å². The molecular weight excluding hydrogens is 272 g/mol. The lowest BCUT2D eigenvalue weighted by atomic mass is 10.2. The highest BCUT2D eigenvalue weighted by atomic mass is 15.3. The number of fused-ring (bicyclic) bond motifs is 3. The van der Waals surface area contributed by atoms with Crippen molar-refractivity contribution in [2.24, 2.45) is 0 Å². The molecule has 1 aliphatic heterocycles. The Bertz CT molecular complexity index is 792. The number of aryl methyl sites for hydroxylation is 1. The lowest BCUT2D eigenvalue weighted by Gasteiger charge is -2.24. The quantitative estimate of drug-likeness (QED) is 0.724. The Kier molecular flexibility index (Phi) is 3.15. The van der Waals surface area contributed by atoms with E-state index in [0.717, 1.165) is 31.0 Å². The second-order valence-corrected chi connectivity index (χ2v) is 5.45. The van der Waals surface area contributed by atoms with Gasteiger partial charge in [0.2, 0.25) is 0 Å². The van der Waals surface area contributed by atoms with Crippen LogP contribution < -0.4 is 4.90 Å². The summed E-state index contributed by atoms with van der Waals surface area (Å²) in [5, 5.41) is 8.75. The summed E-state index contributed by atoms with van der Waals surface area (Å²) >= 11 is 0. The average Bonchev–Trinajstić information content (AvgIpc) is 2.92. The summed E-state index contributed by atoms with van der Waals surface area (Å²) in [5.74, 6) is 2.07. The second-order valence-electron chi connectivity index (χ2n) is 5.45. The minimum absolute atomic E-state index is 0.882. The highest BCUT2D eigenvalue weighted by molar-refractivity contribution is 5.72. The molecule has 4 heteroatoms. The number of benzene rings is 2. The molecule has 110 valence electrons. The highest BCUT2D eigenvalue weighted by Crippen LogP contribution is 2.34. The first-order valence-electron chi connectivity index (χ1n) is 7.73. The summed E-state index contributed by atoms with van der Waals surface area (Å²) in [4.78, 5) is 2.36. The number of anilines is 2. The first-order valence-corrected chi connectivity index (χ1v) is 7.73. The molecule has 0 saturated carbocycles. The van der Waals surface area contributed by atoms with Gasteiger partial charge in [0.05, 0.1) is 11.4 Å². The van der Waals surface area contributed by atoms with Gasteiger partial charge in [0, 0.05) is 25.1 Å². The van der Waals surface area contributed by atoms with E-state index in [4.69, 9.17) is 0 Å². The Hall–Kier alpha value is -2.62. The maximum Gasteiger partial charge on any atom is 0.139 e. The maximum atomic E-state index is 4.40. The molecule has 0 spiro atoms. The molecule has 2 heterocycles. The van der Waals surface area contributed by atoms with Gasteiger partial charge in [-0.1, -0.05) is 37.3 Å². The molecule has 0 amide bonds. The van der Waals surface area contributed by atoms with Crippen LogP contribution in [0.2, 0.25) is 0 Å².